The molecule has 0 atom stereocenters. The molecule has 8 heteroatoms. The lowest BCUT2D eigenvalue weighted by Crippen LogP contribution is -2.46. The van der Waals surface area contributed by atoms with Crippen LogP contribution in [-0.2, 0) is 14.8 Å². The molecule has 0 aromatic heterocycles. The van der Waals surface area contributed by atoms with Crippen LogP contribution in [0, 0.1) is 0 Å². The molecule has 0 radical (unpaired) electrons. The van der Waals surface area contributed by atoms with E-state index in [1.54, 1.807) is 0 Å². The molecule has 0 unspecified atom stereocenters. The first kappa shape index (κ1) is 14.2. The van der Waals surface area contributed by atoms with Crippen molar-refractivity contribution < 1.29 is 23.1 Å². The fourth-order valence-corrected chi connectivity index (χ4v) is 2.55. The number of ether oxygens (including phenoxy) is 1. The molecular formula is C9H18N2O5S. The third-order valence-electron chi connectivity index (χ3n) is 2.45. The molecule has 0 aliphatic carbocycles. The van der Waals surface area contributed by atoms with E-state index in [1.165, 1.54) is 4.90 Å². The number of aliphatic hydroxyl groups is 1. The van der Waals surface area contributed by atoms with Crippen molar-refractivity contribution in [3.05, 3.63) is 0 Å². The molecule has 0 spiro atoms. The lowest BCUT2D eigenvalue weighted by molar-refractivity contribution is 0.0764. The van der Waals surface area contributed by atoms with Gasteiger partial charge in [0.15, 0.2) is 0 Å². The number of sulfonamides is 1. The van der Waals surface area contributed by atoms with Gasteiger partial charge < -0.3 is 14.7 Å². The maximum Gasteiger partial charge on any atom is 0.409 e. The number of hydrogen-bond acceptors (Lipinski definition) is 5. The van der Waals surface area contributed by atoms with Gasteiger partial charge in [-0.25, -0.2) is 17.9 Å². The van der Waals surface area contributed by atoms with Crippen molar-refractivity contribution in [3.63, 3.8) is 0 Å². The summed E-state index contributed by atoms with van der Waals surface area (Å²) in [5.41, 5.74) is 0. The molecule has 1 amide bonds. The van der Waals surface area contributed by atoms with E-state index in [-0.39, 0.29) is 19.3 Å². The number of hydrogen-bond donors (Lipinski definition) is 2. The molecule has 100 valence electrons. The standard InChI is InChI=1S/C9H18N2O5S/c1-17(14,15)10-8-2-4-11(5-3-8)9(13)16-7-6-12/h8,10,12H,2-7H2,1H3. The lowest BCUT2D eigenvalue weighted by Gasteiger charge is -2.31. The van der Waals surface area contributed by atoms with Gasteiger partial charge in [0.1, 0.15) is 6.61 Å². The largest absolute Gasteiger partial charge is 0.447 e. The average molecular weight is 266 g/mol. The number of amides is 1. The van der Waals surface area contributed by atoms with Crippen LogP contribution in [0.25, 0.3) is 0 Å². The summed E-state index contributed by atoms with van der Waals surface area (Å²) in [6.07, 6.45) is 1.80. The van der Waals surface area contributed by atoms with E-state index >= 15 is 0 Å². The quantitative estimate of drug-likeness (QED) is 0.689. The normalized spacial score (nSPS) is 18.1. The Bertz CT molecular complexity index is 348. The van der Waals surface area contributed by atoms with Gasteiger partial charge in [-0.05, 0) is 12.8 Å². The highest BCUT2D eigenvalue weighted by molar-refractivity contribution is 7.88. The Morgan fingerprint density at radius 1 is 1.47 bits per heavy atom. The first-order valence-electron chi connectivity index (χ1n) is 5.42. The molecule has 0 bridgehead atoms. The van der Waals surface area contributed by atoms with Gasteiger partial charge in [-0.15, -0.1) is 0 Å². The third-order valence-corrected chi connectivity index (χ3v) is 3.21. The molecular weight excluding hydrogens is 248 g/mol. The summed E-state index contributed by atoms with van der Waals surface area (Å²) in [6.45, 7) is 0.701. The Kier molecular flexibility index (Phi) is 5.16. The zero-order chi connectivity index (χ0) is 12.9. The molecule has 17 heavy (non-hydrogen) atoms. The van der Waals surface area contributed by atoms with Crippen LogP contribution in [0.15, 0.2) is 0 Å². The van der Waals surface area contributed by atoms with Crippen molar-refractivity contribution in [1.82, 2.24) is 9.62 Å². The van der Waals surface area contributed by atoms with Gasteiger partial charge >= 0.3 is 6.09 Å². The number of rotatable bonds is 4. The Balaban J connectivity index is 2.33. The van der Waals surface area contributed by atoms with Crippen molar-refractivity contribution in [3.8, 4) is 0 Å². The smallest absolute Gasteiger partial charge is 0.409 e. The van der Waals surface area contributed by atoms with Crippen LogP contribution in [0.5, 0.6) is 0 Å². The summed E-state index contributed by atoms with van der Waals surface area (Å²) < 4.78 is 29.3. The molecule has 0 aromatic rings. The highest BCUT2D eigenvalue weighted by Gasteiger charge is 2.25. The molecule has 1 heterocycles. The second kappa shape index (κ2) is 6.18. The molecule has 1 fully saturated rings. The number of nitrogens with zero attached hydrogens (tertiary/aromatic N) is 1. The van der Waals surface area contributed by atoms with Crippen LogP contribution >= 0.6 is 0 Å². The summed E-state index contributed by atoms with van der Waals surface area (Å²) >= 11 is 0. The van der Waals surface area contributed by atoms with Gasteiger partial charge in [0.25, 0.3) is 0 Å². The Hall–Kier alpha value is -0.860. The predicted octanol–water partition coefficient (Wildman–Crippen LogP) is -0.871. The summed E-state index contributed by atoms with van der Waals surface area (Å²) in [6, 6.07) is -0.119. The number of nitrogens with one attached hydrogen (secondary N) is 1. The zero-order valence-corrected chi connectivity index (χ0v) is 10.6. The Morgan fingerprint density at radius 3 is 2.53 bits per heavy atom. The van der Waals surface area contributed by atoms with Crippen molar-refractivity contribution in [2.75, 3.05) is 32.6 Å². The van der Waals surface area contributed by atoms with Gasteiger partial charge in [0, 0.05) is 19.1 Å². The Labute approximate surface area is 101 Å². The van der Waals surface area contributed by atoms with Crippen LogP contribution in [-0.4, -0.2) is 63.1 Å². The van der Waals surface area contributed by atoms with Crippen molar-refractivity contribution in [1.29, 1.82) is 0 Å². The van der Waals surface area contributed by atoms with Crippen LogP contribution in [0.1, 0.15) is 12.8 Å². The van der Waals surface area contributed by atoms with Crippen LogP contribution < -0.4 is 4.72 Å². The molecule has 1 aliphatic rings. The van der Waals surface area contributed by atoms with Gasteiger partial charge in [-0.2, -0.15) is 0 Å². The number of carbonyl (C=O) groups excluding carboxylic acids is 1. The van der Waals surface area contributed by atoms with Gasteiger partial charge in [-0.3, -0.25) is 0 Å². The number of aliphatic hydroxyl groups excluding tert-OH is 1. The molecule has 0 saturated carbocycles. The predicted molar refractivity (Wildman–Crippen MR) is 61.0 cm³/mol. The Morgan fingerprint density at radius 2 is 2.06 bits per heavy atom. The maximum atomic E-state index is 11.4. The van der Waals surface area contributed by atoms with Crippen molar-refractivity contribution in [2.24, 2.45) is 0 Å². The molecule has 1 saturated heterocycles. The summed E-state index contributed by atoms with van der Waals surface area (Å²) in [5.74, 6) is 0. The summed E-state index contributed by atoms with van der Waals surface area (Å²) in [4.78, 5) is 12.9. The lowest BCUT2D eigenvalue weighted by atomic mass is 10.1. The fourth-order valence-electron chi connectivity index (χ4n) is 1.71. The average Bonchev–Trinajstić information content (AvgIpc) is 2.24. The molecule has 2 N–H and O–H groups in total. The number of carbonyl (C=O) groups is 1. The van der Waals surface area contributed by atoms with E-state index < -0.39 is 16.1 Å². The minimum absolute atomic E-state index is 0.0135. The molecule has 1 aliphatic heterocycles. The first-order valence-corrected chi connectivity index (χ1v) is 7.31. The van der Waals surface area contributed by atoms with Gasteiger partial charge in [0.2, 0.25) is 10.0 Å². The monoisotopic (exact) mass is 266 g/mol. The molecule has 7 nitrogen and oxygen atoms in total. The van der Waals surface area contributed by atoms with E-state index in [4.69, 9.17) is 9.84 Å². The maximum absolute atomic E-state index is 11.4. The highest BCUT2D eigenvalue weighted by Crippen LogP contribution is 2.11. The topological polar surface area (TPSA) is 95.9 Å². The first-order chi connectivity index (χ1) is 7.92. The summed E-state index contributed by atoms with van der Waals surface area (Å²) in [7, 11) is -3.19. The van der Waals surface area contributed by atoms with Crippen LogP contribution in [0.4, 0.5) is 4.79 Å². The minimum Gasteiger partial charge on any atom is -0.447 e. The minimum atomic E-state index is -3.19. The summed E-state index contributed by atoms with van der Waals surface area (Å²) in [5, 5.41) is 8.51. The van der Waals surface area contributed by atoms with Crippen molar-refractivity contribution in [2.45, 2.75) is 18.9 Å². The SMILES string of the molecule is CS(=O)(=O)NC1CCN(C(=O)OCCO)CC1. The van der Waals surface area contributed by atoms with E-state index in [0.29, 0.717) is 25.9 Å². The third kappa shape index (κ3) is 5.33. The van der Waals surface area contributed by atoms with Crippen molar-refractivity contribution >= 4 is 16.1 Å². The number of likely N-dealkylation sites (tertiary alicyclic amines) is 1. The molecule has 0 aromatic carbocycles. The second-order valence-corrected chi connectivity index (χ2v) is 5.77. The van der Waals surface area contributed by atoms with E-state index in [9.17, 15) is 13.2 Å². The number of piperidine rings is 1. The van der Waals surface area contributed by atoms with Crippen LogP contribution in [0.2, 0.25) is 0 Å². The highest BCUT2D eigenvalue weighted by atomic mass is 32.2. The van der Waals surface area contributed by atoms with E-state index in [2.05, 4.69) is 4.72 Å². The van der Waals surface area contributed by atoms with Gasteiger partial charge in [-0.1, -0.05) is 0 Å². The zero-order valence-electron chi connectivity index (χ0n) is 9.76. The van der Waals surface area contributed by atoms with Gasteiger partial charge in [0.05, 0.1) is 12.9 Å². The van der Waals surface area contributed by atoms with E-state index in [0.717, 1.165) is 6.26 Å². The van der Waals surface area contributed by atoms with E-state index in [1.807, 2.05) is 0 Å². The molecule has 1 rings (SSSR count). The van der Waals surface area contributed by atoms with Crippen LogP contribution in [0.3, 0.4) is 0 Å². The second-order valence-electron chi connectivity index (χ2n) is 3.99. The fraction of sp³-hybridized carbons (Fsp3) is 0.889.